The highest BCUT2D eigenvalue weighted by molar-refractivity contribution is 9.10. The molecule has 2 N–H and O–H groups in total. The van der Waals surface area contributed by atoms with Gasteiger partial charge in [0, 0.05) is 4.47 Å². The smallest absolute Gasteiger partial charge is 0.238 e. The van der Waals surface area contributed by atoms with Crippen LogP contribution in [-0.4, -0.2) is 44.5 Å². The summed E-state index contributed by atoms with van der Waals surface area (Å²) >= 11 is 9.37. The van der Waals surface area contributed by atoms with Gasteiger partial charge in [-0.25, -0.2) is 0 Å². The van der Waals surface area contributed by atoms with Gasteiger partial charge < -0.3 is 10.6 Å². The fraction of sp³-hybridized carbons (Fsp3) is 0.462. The quantitative estimate of drug-likeness (QED) is 0.745. The van der Waals surface area contributed by atoms with Crippen LogP contribution in [0, 0.1) is 0 Å². The monoisotopic (exact) mass is 347 g/mol. The van der Waals surface area contributed by atoms with Crippen molar-refractivity contribution in [2.45, 2.75) is 6.42 Å². The maximum Gasteiger partial charge on any atom is 0.238 e. The maximum atomic E-state index is 11.9. The lowest BCUT2D eigenvalue weighted by Crippen LogP contribution is -2.32. The van der Waals surface area contributed by atoms with Crippen molar-refractivity contribution in [2.75, 3.05) is 39.0 Å². The van der Waals surface area contributed by atoms with Crippen LogP contribution in [0.5, 0.6) is 0 Å². The molecule has 0 heterocycles. The molecule has 0 unspecified atom stereocenters. The lowest BCUT2D eigenvalue weighted by Gasteiger charge is -2.16. The number of benzene rings is 1. The molecule has 0 aliphatic heterocycles. The summed E-state index contributed by atoms with van der Waals surface area (Å²) in [5.74, 6) is -0.0591. The fourth-order valence-electron chi connectivity index (χ4n) is 1.63. The zero-order valence-corrected chi connectivity index (χ0v) is 13.5. The predicted octanol–water partition coefficient (Wildman–Crippen LogP) is 2.58. The molecule has 1 aromatic carbocycles. The first-order valence-electron chi connectivity index (χ1n) is 6.11. The number of rotatable bonds is 7. The molecule has 1 rings (SSSR count). The van der Waals surface area contributed by atoms with Gasteiger partial charge >= 0.3 is 0 Å². The van der Waals surface area contributed by atoms with Gasteiger partial charge in [-0.3, -0.25) is 9.69 Å². The van der Waals surface area contributed by atoms with E-state index in [4.69, 9.17) is 11.6 Å². The van der Waals surface area contributed by atoms with Gasteiger partial charge in [0.25, 0.3) is 0 Å². The summed E-state index contributed by atoms with van der Waals surface area (Å²) in [5, 5.41) is 6.42. The number of halogens is 2. The van der Waals surface area contributed by atoms with Crippen molar-refractivity contribution in [3.05, 3.63) is 27.7 Å². The topological polar surface area (TPSA) is 44.4 Å². The summed E-state index contributed by atoms with van der Waals surface area (Å²) in [6, 6.07) is 5.39. The summed E-state index contributed by atoms with van der Waals surface area (Å²) in [7, 11) is 3.85. The highest BCUT2D eigenvalue weighted by Gasteiger charge is 2.08. The summed E-state index contributed by atoms with van der Waals surface area (Å²) in [6.07, 6.45) is 1.01. The number of anilines is 1. The van der Waals surface area contributed by atoms with Gasteiger partial charge in [-0.15, -0.1) is 0 Å². The third-order valence-electron chi connectivity index (χ3n) is 2.59. The van der Waals surface area contributed by atoms with E-state index in [0.717, 1.165) is 24.0 Å². The standard InChI is InChI=1S/C13H19BrClN3O/c1-16-6-3-7-18(2)9-13(19)17-12-5-4-10(14)8-11(12)15/h4-5,8,16H,3,6-7,9H2,1-2H3,(H,17,19). The molecule has 0 aliphatic carbocycles. The Bertz CT molecular complexity index is 428. The van der Waals surface area contributed by atoms with E-state index in [1.54, 1.807) is 12.1 Å². The molecule has 0 bridgehead atoms. The lowest BCUT2D eigenvalue weighted by atomic mass is 10.3. The van der Waals surface area contributed by atoms with E-state index in [1.807, 2.05) is 25.1 Å². The molecular weight excluding hydrogens is 330 g/mol. The Kier molecular flexibility index (Phi) is 7.38. The second-order valence-electron chi connectivity index (χ2n) is 4.37. The molecule has 0 spiro atoms. The minimum atomic E-state index is -0.0591. The van der Waals surface area contributed by atoms with Crippen LogP contribution < -0.4 is 10.6 Å². The molecule has 0 saturated carbocycles. The molecular formula is C13H19BrClN3O. The number of likely N-dealkylation sites (N-methyl/N-ethyl adjacent to an activating group) is 1. The summed E-state index contributed by atoms with van der Waals surface area (Å²) in [5.41, 5.74) is 0.637. The number of amides is 1. The molecule has 0 aromatic heterocycles. The van der Waals surface area contributed by atoms with Gasteiger partial charge in [0.15, 0.2) is 0 Å². The van der Waals surface area contributed by atoms with Crippen LogP contribution in [0.4, 0.5) is 5.69 Å². The molecule has 0 atom stereocenters. The molecule has 0 radical (unpaired) electrons. The molecule has 4 nitrogen and oxygen atoms in total. The van der Waals surface area contributed by atoms with Crippen LogP contribution >= 0.6 is 27.5 Å². The van der Waals surface area contributed by atoms with E-state index < -0.39 is 0 Å². The molecule has 6 heteroatoms. The molecule has 1 aromatic rings. The molecule has 0 fully saturated rings. The van der Waals surface area contributed by atoms with Crippen molar-refractivity contribution >= 4 is 39.1 Å². The van der Waals surface area contributed by atoms with Crippen molar-refractivity contribution in [3.8, 4) is 0 Å². The first-order valence-corrected chi connectivity index (χ1v) is 7.28. The SMILES string of the molecule is CNCCCN(C)CC(=O)Nc1ccc(Br)cc1Cl. The average molecular weight is 349 g/mol. The Morgan fingerprint density at radius 3 is 2.84 bits per heavy atom. The van der Waals surface area contributed by atoms with Gasteiger partial charge in [-0.1, -0.05) is 27.5 Å². The average Bonchev–Trinajstić information content (AvgIpc) is 2.33. The van der Waals surface area contributed by atoms with Gasteiger partial charge in [-0.05, 0) is 51.8 Å². The van der Waals surface area contributed by atoms with Crippen molar-refractivity contribution in [1.29, 1.82) is 0 Å². The van der Waals surface area contributed by atoms with Gasteiger partial charge in [0.1, 0.15) is 0 Å². The van der Waals surface area contributed by atoms with Crippen LogP contribution in [0.1, 0.15) is 6.42 Å². The lowest BCUT2D eigenvalue weighted by molar-refractivity contribution is -0.117. The van der Waals surface area contributed by atoms with Crippen molar-refractivity contribution < 1.29 is 4.79 Å². The van der Waals surface area contributed by atoms with Crippen molar-refractivity contribution in [3.63, 3.8) is 0 Å². The van der Waals surface area contributed by atoms with Crippen LogP contribution in [0.25, 0.3) is 0 Å². The van der Waals surface area contributed by atoms with E-state index in [2.05, 4.69) is 26.6 Å². The second kappa shape index (κ2) is 8.53. The van der Waals surface area contributed by atoms with Crippen molar-refractivity contribution in [2.24, 2.45) is 0 Å². The van der Waals surface area contributed by atoms with Crippen molar-refractivity contribution in [1.82, 2.24) is 10.2 Å². The molecule has 0 aliphatic rings. The highest BCUT2D eigenvalue weighted by atomic mass is 79.9. The minimum Gasteiger partial charge on any atom is -0.324 e. The summed E-state index contributed by atoms with van der Waals surface area (Å²) in [6.45, 7) is 2.18. The molecule has 106 valence electrons. The number of nitrogens with one attached hydrogen (secondary N) is 2. The van der Waals surface area contributed by atoms with E-state index in [-0.39, 0.29) is 5.91 Å². The third kappa shape index (κ3) is 6.38. The van der Waals surface area contributed by atoms with Gasteiger partial charge in [0.05, 0.1) is 17.3 Å². The molecule has 19 heavy (non-hydrogen) atoms. The number of nitrogens with zero attached hydrogens (tertiary/aromatic N) is 1. The first-order chi connectivity index (χ1) is 9.02. The van der Waals surface area contributed by atoms with Crippen LogP contribution in [-0.2, 0) is 4.79 Å². The van der Waals surface area contributed by atoms with Gasteiger partial charge in [0.2, 0.25) is 5.91 Å². The third-order valence-corrected chi connectivity index (χ3v) is 3.39. The van der Waals surface area contributed by atoms with Crippen LogP contribution in [0.15, 0.2) is 22.7 Å². The Labute approximate surface area is 127 Å². The number of carbonyl (C=O) groups excluding carboxylic acids is 1. The largest absolute Gasteiger partial charge is 0.324 e. The maximum absolute atomic E-state index is 11.9. The zero-order chi connectivity index (χ0) is 14.3. The van der Waals surface area contributed by atoms with Gasteiger partial charge in [-0.2, -0.15) is 0 Å². The van der Waals surface area contributed by atoms with E-state index >= 15 is 0 Å². The Morgan fingerprint density at radius 1 is 1.47 bits per heavy atom. The minimum absolute atomic E-state index is 0.0591. The highest BCUT2D eigenvalue weighted by Crippen LogP contribution is 2.25. The van der Waals surface area contributed by atoms with E-state index in [0.29, 0.717) is 17.3 Å². The number of carbonyl (C=O) groups is 1. The predicted molar refractivity (Wildman–Crippen MR) is 83.8 cm³/mol. The normalized spacial score (nSPS) is 10.8. The summed E-state index contributed by atoms with van der Waals surface area (Å²) in [4.78, 5) is 13.8. The molecule has 1 amide bonds. The molecule has 0 saturated heterocycles. The van der Waals surface area contributed by atoms with E-state index in [1.165, 1.54) is 0 Å². The zero-order valence-electron chi connectivity index (χ0n) is 11.2. The fourth-order valence-corrected chi connectivity index (χ4v) is 2.35. The second-order valence-corrected chi connectivity index (χ2v) is 5.69. The number of hydrogen-bond donors (Lipinski definition) is 2. The Balaban J connectivity index is 2.42. The van der Waals surface area contributed by atoms with Crippen LogP contribution in [0.2, 0.25) is 5.02 Å². The van der Waals surface area contributed by atoms with Crippen LogP contribution in [0.3, 0.4) is 0 Å². The number of hydrogen-bond acceptors (Lipinski definition) is 3. The Morgan fingerprint density at radius 2 is 2.21 bits per heavy atom. The Hall–Kier alpha value is -0.620. The van der Waals surface area contributed by atoms with E-state index in [9.17, 15) is 4.79 Å². The first kappa shape index (κ1) is 16.4. The summed E-state index contributed by atoms with van der Waals surface area (Å²) < 4.78 is 0.889.